The molecular weight excluding hydrogens is 400 g/mol. The highest BCUT2D eigenvalue weighted by Gasteiger charge is 2.31. The number of hydrogen-bond donors (Lipinski definition) is 0. The van der Waals surface area contributed by atoms with Crippen molar-refractivity contribution in [2.24, 2.45) is 0 Å². The molecule has 1 aliphatic rings. The summed E-state index contributed by atoms with van der Waals surface area (Å²) in [6.45, 7) is 0.735. The first kappa shape index (κ1) is 20.2. The van der Waals surface area contributed by atoms with Gasteiger partial charge in [-0.15, -0.1) is 11.3 Å². The first-order chi connectivity index (χ1) is 14.6. The average molecular weight is 425 g/mol. The molecular formula is C23H24N2O4S. The van der Waals surface area contributed by atoms with Crippen LogP contribution < -0.4 is 14.2 Å². The van der Waals surface area contributed by atoms with Crippen LogP contribution in [0.1, 0.15) is 29.5 Å². The van der Waals surface area contributed by atoms with Crippen LogP contribution in [-0.4, -0.2) is 43.7 Å². The van der Waals surface area contributed by atoms with Crippen molar-refractivity contribution in [3.05, 3.63) is 53.0 Å². The molecule has 0 N–H and O–H groups in total. The molecule has 0 spiro atoms. The number of para-hydroxylation sites is 1. The van der Waals surface area contributed by atoms with Gasteiger partial charge in [0, 0.05) is 12.6 Å². The Hall–Kier alpha value is -3.06. The molecule has 0 bridgehead atoms. The second-order valence-corrected chi connectivity index (χ2v) is 8.06. The lowest BCUT2D eigenvalue weighted by Crippen LogP contribution is -2.28. The van der Waals surface area contributed by atoms with E-state index in [4.69, 9.17) is 19.2 Å². The number of fused-ring (bicyclic) bond motifs is 1. The van der Waals surface area contributed by atoms with Gasteiger partial charge in [-0.1, -0.05) is 12.1 Å². The normalized spacial score (nSPS) is 16.4. The van der Waals surface area contributed by atoms with Crippen molar-refractivity contribution in [3.63, 3.8) is 0 Å². The Bertz CT molecular complexity index is 1030. The molecule has 1 unspecified atom stereocenters. The van der Waals surface area contributed by atoms with E-state index >= 15 is 0 Å². The first-order valence-electron chi connectivity index (χ1n) is 9.78. The molecule has 156 valence electrons. The number of ether oxygens (including phenoxy) is 3. The number of rotatable bonds is 6. The van der Waals surface area contributed by atoms with Crippen molar-refractivity contribution in [1.29, 1.82) is 0 Å². The Morgan fingerprint density at radius 1 is 1.13 bits per heavy atom. The van der Waals surface area contributed by atoms with Gasteiger partial charge in [0.1, 0.15) is 5.01 Å². The fourth-order valence-electron chi connectivity index (χ4n) is 3.78. The van der Waals surface area contributed by atoms with Crippen molar-refractivity contribution in [1.82, 2.24) is 9.88 Å². The summed E-state index contributed by atoms with van der Waals surface area (Å²) in [4.78, 5) is 19.7. The van der Waals surface area contributed by atoms with Crippen LogP contribution in [0, 0.1) is 0 Å². The van der Waals surface area contributed by atoms with Gasteiger partial charge in [0.15, 0.2) is 11.5 Å². The van der Waals surface area contributed by atoms with E-state index in [2.05, 4.69) is 6.07 Å². The van der Waals surface area contributed by atoms with Gasteiger partial charge in [-0.25, -0.2) is 4.98 Å². The Balaban J connectivity index is 1.56. The molecule has 0 saturated carbocycles. The summed E-state index contributed by atoms with van der Waals surface area (Å²) in [5.74, 6) is 1.61. The molecule has 1 aliphatic heterocycles. The number of thiazole rings is 1. The lowest BCUT2D eigenvalue weighted by Gasteiger charge is -2.21. The zero-order chi connectivity index (χ0) is 21.1. The molecule has 1 aromatic heterocycles. The minimum atomic E-state index is -0.0227. The number of carbonyl (C=O) groups excluding carboxylic acids is 1. The van der Waals surface area contributed by atoms with E-state index in [0.29, 0.717) is 17.2 Å². The number of methoxy groups -OCH3 is 3. The van der Waals surface area contributed by atoms with Gasteiger partial charge in [0.05, 0.1) is 37.6 Å². The lowest BCUT2D eigenvalue weighted by molar-refractivity contribution is -0.126. The van der Waals surface area contributed by atoms with Crippen molar-refractivity contribution < 1.29 is 19.0 Å². The monoisotopic (exact) mass is 424 g/mol. The van der Waals surface area contributed by atoms with Gasteiger partial charge < -0.3 is 19.1 Å². The van der Waals surface area contributed by atoms with Crippen LogP contribution in [0.25, 0.3) is 16.3 Å². The Morgan fingerprint density at radius 2 is 1.87 bits per heavy atom. The minimum Gasteiger partial charge on any atom is -0.493 e. The molecule has 30 heavy (non-hydrogen) atoms. The third-order valence-electron chi connectivity index (χ3n) is 5.24. The SMILES string of the molecule is COc1cc(/C=C/C(=O)N2CCCC2c2nc3ccccc3s2)cc(OC)c1OC. The Labute approximate surface area is 179 Å². The predicted molar refractivity (Wildman–Crippen MR) is 118 cm³/mol. The van der Waals surface area contributed by atoms with Crippen LogP contribution in [0.5, 0.6) is 17.2 Å². The molecule has 2 heterocycles. The molecule has 0 radical (unpaired) electrons. The van der Waals surface area contributed by atoms with E-state index in [-0.39, 0.29) is 11.9 Å². The van der Waals surface area contributed by atoms with Crippen molar-refractivity contribution >= 4 is 33.5 Å². The second-order valence-electron chi connectivity index (χ2n) is 7.00. The van der Waals surface area contributed by atoms with Gasteiger partial charge in [-0.2, -0.15) is 0 Å². The number of benzene rings is 2. The summed E-state index contributed by atoms with van der Waals surface area (Å²) in [6.07, 6.45) is 5.29. The molecule has 2 aromatic carbocycles. The van der Waals surface area contributed by atoms with Gasteiger partial charge >= 0.3 is 0 Å². The third-order valence-corrected chi connectivity index (χ3v) is 6.37. The van der Waals surface area contributed by atoms with E-state index in [9.17, 15) is 4.79 Å². The Morgan fingerprint density at radius 3 is 2.53 bits per heavy atom. The molecule has 7 heteroatoms. The molecule has 1 saturated heterocycles. The Kier molecular flexibility index (Phi) is 5.90. The fourth-order valence-corrected chi connectivity index (χ4v) is 4.90. The van der Waals surface area contributed by atoms with Gasteiger partial charge in [-0.3, -0.25) is 4.79 Å². The molecule has 1 amide bonds. The largest absolute Gasteiger partial charge is 0.493 e. The zero-order valence-electron chi connectivity index (χ0n) is 17.3. The minimum absolute atomic E-state index is 0.0227. The smallest absolute Gasteiger partial charge is 0.247 e. The fraction of sp³-hybridized carbons (Fsp3) is 0.304. The molecule has 3 aromatic rings. The van der Waals surface area contributed by atoms with Crippen LogP contribution in [0.15, 0.2) is 42.5 Å². The summed E-state index contributed by atoms with van der Waals surface area (Å²) in [6, 6.07) is 11.8. The summed E-state index contributed by atoms with van der Waals surface area (Å²) in [5.41, 5.74) is 1.79. The van der Waals surface area contributed by atoms with Gasteiger partial charge in [-0.05, 0) is 48.7 Å². The van der Waals surface area contributed by atoms with Gasteiger partial charge in [0.25, 0.3) is 0 Å². The summed E-state index contributed by atoms with van der Waals surface area (Å²) in [5, 5.41) is 1.00. The second kappa shape index (κ2) is 8.75. The number of carbonyl (C=O) groups is 1. The standard InChI is InChI=1S/C23H24N2O4S/c1-27-18-13-15(14-19(28-2)22(18)29-3)10-11-21(26)25-12-6-8-17(25)23-24-16-7-4-5-9-20(16)30-23/h4-5,7,9-11,13-14,17H,6,8,12H2,1-3H3/b11-10+. The highest BCUT2D eigenvalue weighted by Crippen LogP contribution is 2.39. The molecule has 0 aliphatic carbocycles. The summed E-state index contributed by atoms with van der Waals surface area (Å²) >= 11 is 1.67. The van der Waals surface area contributed by atoms with Crippen LogP contribution in [0.4, 0.5) is 0 Å². The highest BCUT2D eigenvalue weighted by atomic mass is 32.1. The van der Waals surface area contributed by atoms with Crippen LogP contribution in [-0.2, 0) is 4.79 Å². The van der Waals surface area contributed by atoms with Crippen LogP contribution in [0.2, 0.25) is 0 Å². The van der Waals surface area contributed by atoms with Gasteiger partial charge in [0.2, 0.25) is 11.7 Å². The molecule has 4 rings (SSSR count). The summed E-state index contributed by atoms with van der Waals surface area (Å²) in [7, 11) is 4.71. The van der Waals surface area contributed by atoms with E-state index < -0.39 is 0 Å². The van der Waals surface area contributed by atoms with E-state index in [1.165, 1.54) is 0 Å². The van der Waals surface area contributed by atoms with E-state index in [1.807, 2.05) is 35.2 Å². The quantitative estimate of drug-likeness (QED) is 0.537. The van der Waals surface area contributed by atoms with Crippen LogP contribution >= 0.6 is 11.3 Å². The maximum atomic E-state index is 13.0. The van der Waals surface area contributed by atoms with Crippen molar-refractivity contribution in [2.75, 3.05) is 27.9 Å². The molecule has 6 nitrogen and oxygen atoms in total. The first-order valence-corrected chi connectivity index (χ1v) is 10.6. The number of aromatic nitrogens is 1. The van der Waals surface area contributed by atoms with Crippen molar-refractivity contribution in [3.8, 4) is 17.2 Å². The molecule has 1 atom stereocenters. The average Bonchev–Trinajstić information content (AvgIpc) is 3.43. The van der Waals surface area contributed by atoms with E-state index in [0.717, 1.165) is 40.2 Å². The zero-order valence-corrected chi connectivity index (χ0v) is 18.1. The lowest BCUT2D eigenvalue weighted by atomic mass is 10.1. The maximum absolute atomic E-state index is 13.0. The number of hydrogen-bond acceptors (Lipinski definition) is 6. The maximum Gasteiger partial charge on any atom is 0.247 e. The summed E-state index contributed by atoms with van der Waals surface area (Å²) < 4.78 is 17.3. The highest BCUT2D eigenvalue weighted by molar-refractivity contribution is 7.18. The van der Waals surface area contributed by atoms with Crippen molar-refractivity contribution in [2.45, 2.75) is 18.9 Å². The number of amides is 1. The van der Waals surface area contributed by atoms with Crippen LogP contribution in [0.3, 0.4) is 0 Å². The number of nitrogens with zero attached hydrogens (tertiary/aromatic N) is 2. The topological polar surface area (TPSA) is 60.9 Å². The predicted octanol–water partition coefficient (Wildman–Crippen LogP) is 4.70. The third kappa shape index (κ3) is 3.85. The molecule has 1 fully saturated rings. The van der Waals surface area contributed by atoms with E-state index in [1.54, 1.807) is 44.8 Å². The number of likely N-dealkylation sites (tertiary alicyclic amines) is 1.